The molecule has 1 heterocycles. The average Bonchev–Trinajstić information content (AvgIpc) is 3.14. The van der Waals surface area contributed by atoms with Gasteiger partial charge in [0, 0.05) is 30.6 Å². The first-order valence-electron chi connectivity index (χ1n) is 8.91. The Bertz CT molecular complexity index is 858. The van der Waals surface area contributed by atoms with Crippen molar-refractivity contribution in [3.63, 3.8) is 0 Å². The number of carbonyl (C=O) groups is 1. The van der Waals surface area contributed by atoms with E-state index >= 15 is 0 Å². The second-order valence-corrected chi connectivity index (χ2v) is 6.29. The van der Waals surface area contributed by atoms with Crippen LogP contribution in [0.25, 0.3) is 11.4 Å². The Morgan fingerprint density at radius 2 is 1.88 bits per heavy atom. The fourth-order valence-corrected chi connectivity index (χ4v) is 2.84. The Kier molecular flexibility index (Phi) is 5.79. The predicted octanol–water partition coefficient (Wildman–Crippen LogP) is 4.14. The van der Waals surface area contributed by atoms with Crippen molar-refractivity contribution in [3.8, 4) is 11.4 Å². The Labute approximate surface area is 153 Å². The van der Waals surface area contributed by atoms with E-state index in [1.54, 1.807) is 0 Å². The van der Waals surface area contributed by atoms with Crippen LogP contribution in [0.3, 0.4) is 0 Å². The molecule has 0 saturated carbocycles. The Balaban J connectivity index is 1.67. The van der Waals surface area contributed by atoms with Crippen LogP contribution >= 0.6 is 0 Å². The van der Waals surface area contributed by atoms with E-state index in [0.29, 0.717) is 36.8 Å². The standard InChI is InChI=1S/C21H23N3O2/c1-3-13-24(21(25)17-9-5-4-6-10-17)14-12-19-22-20(23-26-19)18-11-7-8-16(2)15-18/h4-11,15H,3,12-14H2,1-2H3. The van der Waals surface area contributed by atoms with Crippen molar-refractivity contribution in [2.75, 3.05) is 13.1 Å². The molecule has 0 bridgehead atoms. The molecule has 2 aromatic carbocycles. The lowest BCUT2D eigenvalue weighted by Crippen LogP contribution is -2.33. The molecular weight excluding hydrogens is 326 g/mol. The summed E-state index contributed by atoms with van der Waals surface area (Å²) in [7, 11) is 0. The Hall–Kier alpha value is -2.95. The quantitative estimate of drug-likeness (QED) is 0.643. The van der Waals surface area contributed by atoms with E-state index in [2.05, 4.69) is 17.1 Å². The lowest BCUT2D eigenvalue weighted by Gasteiger charge is -2.21. The maximum atomic E-state index is 12.7. The molecule has 26 heavy (non-hydrogen) atoms. The minimum atomic E-state index is 0.0332. The fraction of sp³-hybridized carbons (Fsp3) is 0.286. The molecule has 0 N–H and O–H groups in total. The predicted molar refractivity (Wildman–Crippen MR) is 101 cm³/mol. The molecule has 0 aliphatic rings. The number of aromatic nitrogens is 2. The van der Waals surface area contributed by atoms with Crippen LogP contribution in [-0.4, -0.2) is 34.0 Å². The number of hydrogen-bond acceptors (Lipinski definition) is 4. The number of benzene rings is 2. The zero-order valence-electron chi connectivity index (χ0n) is 15.2. The SMILES string of the molecule is CCCN(CCc1nc(-c2cccc(C)c2)no1)C(=O)c1ccccc1. The van der Waals surface area contributed by atoms with Gasteiger partial charge in [-0.15, -0.1) is 0 Å². The largest absolute Gasteiger partial charge is 0.339 e. The number of aryl methyl sites for hydroxylation is 1. The second-order valence-electron chi connectivity index (χ2n) is 6.29. The van der Waals surface area contributed by atoms with Gasteiger partial charge in [0.15, 0.2) is 0 Å². The van der Waals surface area contributed by atoms with Crippen molar-refractivity contribution in [1.29, 1.82) is 0 Å². The molecular formula is C21H23N3O2. The molecule has 0 radical (unpaired) electrons. The minimum Gasteiger partial charge on any atom is -0.339 e. The third-order valence-corrected chi connectivity index (χ3v) is 4.14. The summed E-state index contributed by atoms with van der Waals surface area (Å²) in [6.07, 6.45) is 1.44. The van der Waals surface area contributed by atoms with Crippen molar-refractivity contribution in [2.24, 2.45) is 0 Å². The zero-order valence-corrected chi connectivity index (χ0v) is 15.2. The van der Waals surface area contributed by atoms with Crippen LogP contribution in [0.15, 0.2) is 59.1 Å². The molecule has 0 fully saturated rings. The molecule has 3 aromatic rings. The monoisotopic (exact) mass is 349 g/mol. The van der Waals surface area contributed by atoms with E-state index in [9.17, 15) is 4.79 Å². The zero-order chi connectivity index (χ0) is 18.4. The van der Waals surface area contributed by atoms with Gasteiger partial charge in [-0.25, -0.2) is 0 Å². The summed E-state index contributed by atoms with van der Waals surface area (Å²) in [6.45, 7) is 5.35. The Morgan fingerprint density at radius 3 is 2.62 bits per heavy atom. The minimum absolute atomic E-state index is 0.0332. The fourth-order valence-electron chi connectivity index (χ4n) is 2.84. The lowest BCUT2D eigenvalue weighted by atomic mass is 10.1. The third kappa shape index (κ3) is 4.36. The highest BCUT2D eigenvalue weighted by atomic mass is 16.5. The number of nitrogens with zero attached hydrogens (tertiary/aromatic N) is 3. The van der Waals surface area contributed by atoms with E-state index in [1.165, 1.54) is 0 Å². The van der Waals surface area contributed by atoms with Gasteiger partial charge < -0.3 is 9.42 Å². The summed E-state index contributed by atoms with van der Waals surface area (Å²) < 4.78 is 5.37. The summed E-state index contributed by atoms with van der Waals surface area (Å²) in [4.78, 5) is 19.0. The smallest absolute Gasteiger partial charge is 0.253 e. The molecule has 0 unspecified atom stereocenters. The van der Waals surface area contributed by atoms with Crippen LogP contribution in [0.1, 0.15) is 35.2 Å². The number of amides is 1. The van der Waals surface area contributed by atoms with Gasteiger partial charge in [0.05, 0.1) is 0 Å². The molecule has 5 nitrogen and oxygen atoms in total. The van der Waals surface area contributed by atoms with E-state index in [-0.39, 0.29) is 5.91 Å². The first-order chi connectivity index (χ1) is 12.7. The second kappa shape index (κ2) is 8.43. The molecule has 0 spiro atoms. The number of carbonyl (C=O) groups excluding carboxylic acids is 1. The maximum Gasteiger partial charge on any atom is 0.253 e. The summed E-state index contributed by atoms with van der Waals surface area (Å²) in [5.41, 5.74) is 2.79. The van der Waals surface area contributed by atoms with Crippen molar-refractivity contribution < 1.29 is 9.32 Å². The van der Waals surface area contributed by atoms with Gasteiger partial charge in [-0.1, -0.05) is 54.0 Å². The highest BCUT2D eigenvalue weighted by Crippen LogP contribution is 2.17. The van der Waals surface area contributed by atoms with E-state index in [0.717, 1.165) is 17.5 Å². The summed E-state index contributed by atoms with van der Waals surface area (Å²) in [6, 6.07) is 17.3. The van der Waals surface area contributed by atoms with Gasteiger partial charge in [0.1, 0.15) is 0 Å². The third-order valence-electron chi connectivity index (χ3n) is 4.14. The van der Waals surface area contributed by atoms with Gasteiger partial charge >= 0.3 is 0 Å². The summed E-state index contributed by atoms with van der Waals surface area (Å²) >= 11 is 0. The van der Waals surface area contributed by atoms with Crippen molar-refractivity contribution >= 4 is 5.91 Å². The van der Waals surface area contributed by atoms with Gasteiger partial charge in [0.25, 0.3) is 5.91 Å². The normalized spacial score (nSPS) is 10.7. The molecule has 5 heteroatoms. The van der Waals surface area contributed by atoms with Crippen LogP contribution in [0, 0.1) is 6.92 Å². The number of rotatable bonds is 7. The topological polar surface area (TPSA) is 59.2 Å². The molecule has 0 atom stereocenters. The Morgan fingerprint density at radius 1 is 1.08 bits per heavy atom. The average molecular weight is 349 g/mol. The van der Waals surface area contributed by atoms with Crippen LogP contribution in [-0.2, 0) is 6.42 Å². The van der Waals surface area contributed by atoms with Crippen molar-refractivity contribution in [2.45, 2.75) is 26.7 Å². The van der Waals surface area contributed by atoms with E-state index in [1.807, 2.05) is 66.4 Å². The van der Waals surface area contributed by atoms with Crippen LogP contribution in [0.2, 0.25) is 0 Å². The molecule has 0 saturated heterocycles. The van der Waals surface area contributed by atoms with Gasteiger partial charge in [-0.3, -0.25) is 4.79 Å². The summed E-state index contributed by atoms with van der Waals surface area (Å²) in [5, 5.41) is 4.06. The molecule has 0 aliphatic heterocycles. The first kappa shape index (κ1) is 17.9. The van der Waals surface area contributed by atoms with E-state index in [4.69, 9.17) is 4.52 Å². The lowest BCUT2D eigenvalue weighted by molar-refractivity contribution is 0.0754. The molecule has 1 aromatic heterocycles. The van der Waals surface area contributed by atoms with Crippen LogP contribution in [0.5, 0.6) is 0 Å². The molecule has 134 valence electrons. The molecule has 3 rings (SSSR count). The maximum absolute atomic E-state index is 12.7. The first-order valence-corrected chi connectivity index (χ1v) is 8.91. The van der Waals surface area contributed by atoms with Gasteiger partial charge in [-0.05, 0) is 31.5 Å². The van der Waals surface area contributed by atoms with Gasteiger partial charge in [-0.2, -0.15) is 4.98 Å². The van der Waals surface area contributed by atoms with E-state index < -0.39 is 0 Å². The molecule has 0 aliphatic carbocycles. The summed E-state index contributed by atoms with van der Waals surface area (Å²) in [5.74, 6) is 1.16. The van der Waals surface area contributed by atoms with Crippen LogP contribution < -0.4 is 0 Å². The highest BCUT2D eigenvalue weighted by Gasteiger charge is 2.16. The van der Waals surface area contributed by atoms with Crippen molar-refractivity contribution in [1.82, 2.24) is 15.0 Å². The highest BCUT2D eigenvalue weighted by molar-refractivity contribution is 5.94. The van der Waals surface area contributed by atoms with Crippen molar-refractivity contribution in [3.05, 3.63) is 71.6 Å². The number of hydrogen-bond donors (Lipinski definition) is 0. The van der Waals surface area contributed by atoms with Crippen LogP contribution in [0.4, 0.5) is 0 Å². The molecule has 1 amide bonds. The van der Waals surface area contributed by atoms with Gasteiger partial charge in [0.2, 0.25) is 11.7 Å².